The number of carbonyl (C=O) groups is 2. The normalized spacial score (nSPS) is 11.3. The predicted octanol–water partition coefficient (Wildman–Crippen LogP) is 3.54. The van der Waals surface area contributed by atoms with E-state index in [4.69, 9.17) is 4.74 Å². The minimum absolute atomic E-state index is 0.107. The number of hydrogen-bond donors (Lipinski definition) is 1. The zero-order valence-electron chi connectivity index (χ0n) is 15.7. The van der Waals surface area contributed by atoms with Gasteiger partial charge in [0.15, 0.2) is 0 Å². The van der Waals surface area contributed by atoms with Crippen molar-refractivity contribution >= 4 is 28.9 Å². The summed E-state index contributed by atoms with van der Waals surface area (Å²) in [6.07, 6.45) is 2.89. The number of nitrogens with one attached hydrogen (secondary N) is 1. The molecule has 0 aliphatic carbocycles. The molecule has 1 aromatic carbocycles. The summed E-state index contributed by atoms with van der Waals surface area (Å²) in [5.41, 5.74) is 3.14. The molecule has 0 fully saturated rings. The lowest BCUT2D eigenvalue weighted by Crippen LogP contribution is -2.08. The van der Waals surface area contributed by atoms with E-state index in [1.165, 1.54) is 12.3 Å². The minimum Gasteiger partial charge on any atom is -0.462 e. The van der Waals surface area contributed by atoms with Crippen molar-refractivity contribution in [2.75, 3.05) is 6.61 Å². The maximum atomic E-state index is 12.9. The van der Waals surface area contributed by atoms with E-state index in [-0.39, 0.29) is 17.9 Å². The number of carbonyl (C=O) groups excluding carboxylic acids is 2. The Hall–Kier alpha value is -3.79. The number of esters is 1. The molecule has 0 aliphatic rings. The van der Waals surface area contributed by atoms with Gasteiger partial charge in [0.05, 0.1) is 40.8 Å². The van der Waals surface area contributed by atoms with E-state index >= 15 is 0 Å². The summed E-state index contributed by atoms with van der Waals surface area (Å²) < 4.78 is 5.04. The molecule has 0 unspecified atom stereocenters. The van der Waals surface area contributed by atoms with Crippen LogP contribution >= 0.6 is 0 Å². The molecule has 0 aliphatic heterocycles. The zero-order chi connectivity index (χ0) is 20.3. The average molecular weight is 374 g/mol. The fourth-order valence-corrected chi connectivity index (χ4v) is 2.96. The van der Waals surface area contributed by atoms with E-state index in [1.807, 2.05) is 24.3 Å². The molecule has 0 spiro atoms. The number of nitrogens with zero attached hydrogens (tertiary/aromatic N) is 3. The van der Waals surface area contributed by atoms with Gasteiger partial charge in [0.25, 0.3) is 0 Å². The number of fused-ring (bicyclic) bond motifs is 1. The maximum absolute atomic E-state index is 12.9. The fourth-order valence-electron chi connectivity index (χ4n) is 2.96. The average Bonchev–Trinajstić information content (AvgIpc) is 2.99. The van der Waals surface area contributed by atoms with Gasteiger partial charge in [-0.25, -0.2) is 9.78 Å². The van der Waals surface area contributed by atoms with Crippen LogP contribution < -0.4 is 0 Å². The lowest BCUT2D eigenvalue weighted by Gasteiger charge is -2.03. The number of Topliss-reactive ketones (excluding diaryl/α,β-unsaturated/α-hetero) is 1. The topological polar surface area (TPSA) is 109 Å². The number of allylic oxidation sites excluding steroid dienone is 1. The van der Waals surface area contributed by atoms with Crippen molar-refractivity contribution in [2.45, 2.75) is 20.8 Å². The molecule has 2 aromatic heterocycles. The molecule has 0 amide bonds. The number of para-hydroxylation sites is 2. The van der Waals surface area contributed by atoms with Crippen LogP contribution in [0.25, 0.3) is 17.1 Å². The molecule has 7 nitrogen and oxygen atoms in total. The van der Waals surface area contributed by atoms with Gasteiger partial charge in [0.2, 0.25) is 5.78 Å². The number of nitriles is 1. The Balaban J connectivity index is 2.00. The molecule has 3 aromatic rings. The monoisotopic (exact) mass is 374 g/mol. The second kappa shape index (κ2) is 7.84. The van der Waals surface area contributed by atoms with Gasteiger partial charge in [-0.1, -0.05) is 12.1 Å². The predicted molar refractivity (Wildman–Crippen MR) is 104 cm³/mol. The quantitative estimate of drug-likeness (QED) is 0.317. The minimum atomic E-state index is -0.520. The number of aromatic amines is 1. The van der Waals surface area contributed by atoms with Crippen LogP contribution in [0.4, 0.5) is 0 Å². The molecule has 0 bridgehead atoms. The van der Waals surface area contributed by atoms with Crippen molar-refractivity contribution in [2.24, 2.45) is 0 Å². The number of aromatic nitrogens is 3. The summed E-state index contributed by atoms with van der Waals surface area (Å²) >= 11 is 0. The molecule has 1 N–H and O–H groups in total. The third-order valence-electron chi connectivity index (χ3n) is 4.27. The first-order valence-corrected chi connectivity index (χ1v) is 8.70. The highest BCUT2D eigenvalue weighted by molar-refractivity contribution is 6.15. The number of benzene rings is 1. The Labute approximate surface area is 161 Å². The largest absolute Gasteiger partial charge is 0.462 e. The number of ether oxygens (including phenoxy) is 1. The highest BCUT2D eigenvalue weighted by atomic mass is 16.5. The second-order valence-corrected chi connectivity index (χ2v) is 6.13. The Morgan fingerprint density at radius 1 is 1.25 bits per heavy atom. The Kier molecular flexibility index (Phi) is 5.32. The smallest absolute Gasteiger partial charge is 0.340 e. The van der Waals surface area contributed by atoms with E-state index in [1.54, 1.807) is 26.8 Å². The van der Waals surface area contributed by atoms with Crippen molar-refractivity contribution in [1.29, 1.82) is 5.26 Å². The van der Waals surface area contributed by atoms with Crippen LogP contribution in [0.5, 0.6) is 0 Å². The zero-order valence-corrected chi connectivity index (χ0v) is 15.7. The number of rotatable bonds is 5. The highest BCUT2D eigenvalue weighted by Crippen LogP contribution is 2.22. The molecule has 2 heterocycles. The van der Waals surface area contributed by atoms with E-state index < -0.39 is 11.8 Å². The number of H-pyrrole nitrogens is 1. The standard InChI is InChI=1S/C21H18N4O3/c1-4-28-21(27)18-12(2)19(24-13(18)3)20(26)14(10-22)9-15-11-23-16-7-5-6-8-17(16)25-15/h5-9,11,24H,4H2,1-3H3/b14-9+. The Morgan fingerprint density at radius 2 is 1.96 bits per heavy atom. The molecule has 28 heavy (non-hydrogen) atoms. The Bertz CT molecular complexity index is 1150. The summed E-state index contributed by atoms with van der Waals surface area (Å²) in [4.78, 5) is 36.6. The van der Waals surface area contributed by atoms with Gasteiger partial charge < -0.3 is 9.72 Å². The summed E-state index contributed by atoms with van der Waals surface area (Å²) in [7, 11) is 0. The fraction of sp³-hybridized carbons (Fsp3) is 0.190. The summed E-state index contributed by atoms with van der Waals surface area (Å²) in [5, 5.41) is 9.50. The van der Waals surface area contributed by atoms with Gasteiger partial charge in [0, 0.05) is 5.69 Å². The van der Waals surface area contributed by atoms with Crippen LogP contribution in [0, 0.1) is 25.2 Å². The molecular formula is C21H18N4O3. The van der Waals surface area contributed by atoms with Crippen LogP contribution in [0.1, 0.15) is 44.7 Å². The maximum Gasteiger partial charge on any atom is 0.340 e. The van der Waals surface area contributed by atoms with Crippen LogP contribution in [0.15, 0.2) is 36.0 Å². The third kappa shape index (κ3) is 3.53. The van der Waals surface area contributed by atoms with Crippen molar-refractivity contribution in [3.8, 4) is 6.07 Å². The van der Waals surface area contributed by atoms with Crippen molar-refractivity contribution in [3.63, 3.8) is 0 Å². The van der Waals surface area contributed by atoms with Gasteiger partial charge in [-0.3, -0.25) is 9.78 Å². The molecule has 0 saturated heterocycles. The first-order chi connectivity index (χ1) is 13.5. The second-order valence-electron chi connectivity index (χ2n) is 6.13. The molecule has 0 saturated carbocycles. The third-order valence-corrected chi connectivity index (χ3v) is 4.27. The first kappa shape index (κ1) is 19.0. The lowest BCUT2D eigenvalue weighted by molar-refractivity contribution is 0.0525. The van der Waals surface area contributed by atoms with E-state index in [2.05, 4.69) is 15.0 Å². The SMILES string of the molecule is CCOC(=O)c1c(C)[nH]c(C(=O)/C(C#N)=C/c2cnc3ccccc3n2)c1C. The van der Waals surface area contributed by atoms with Gasteiger partial charge in [-0.2, -0.15) is 5.26 Å². The molecular weight excluding hydrogens is 356 g/mol. The van der Waals surface area contributed by atoms with E-state index in [9.17, 15) is 14.9 Å². The van der Waals surface area contributed by atoms with E-state index in [0.717, 1.165) is 5.52 Å². The number of aryl methyl sites for hydroxylation is 1. The van der Waals surface area contributed by atoms with Crippen molar-refractivity contribution in [3.05, 3.63) is 64.2 Å². The molecule has 0 radical (unpaired) electrons. The van der Waals surface area contributed by atoms with Crippen molar-refractivity contribution < 1.29 is 14.3 Å². The van der Waals surface area contributed by atoms with Gasteiger partial charge in [-0.05, 0) is 44.5 Å². The van der Waals surface area contributed by atoms with Gasteiger partial charge >= 0.3 is 5.97 Å². The highest BCUT2D eigenvalue weighted by Gasteiger charge is 2.24. The molecule has 0 atom stereocenters. The summed E-state index contributed by atoms with van der Waals surface area (Å²) in [6.45, 7) is 5.27. The van der Waals surface area contributed by atoms with Gasteiger partial charge in [0.1, 0.15) is 11.6 Å². The molecule has 7 heteroatoms. The molecule has 3 rings (SSSR count). The van der Waals surface area contributed by atoms with Crippen LogP contribution in [-0.4, -0.2) is 33.3 Å². The number of hydrogen-bond acceptors (Lipinski definition) is 6. The van der Waals surface area contributed by atoms with Crippen LogP contribution in [0.2, 0.25) is 0 Å². The lowest BCUT2D eigenvalue weighted by atomic mass is 10.0. The van der Waals surface area contributed by atoms with Crippen molar-refractivity contribution in [1.82, 2.24) is 15.0 Å². The van der Waals surface area contributed by atoms with Crippen LogP contribution in [-0.2, 0) is 4.74 Å². The van der Waals surface area contributed by atoms with Crippen LogP contribution in [0.3, 0.4) is 0 Å². The first-order valence-electron chi connectivity index (χ1n) is 8.70. The Morgan fingerprint density at radius 3 is 2.64 bits per heavy atom. The summed E-state index contributed by atoms with van der Waals surface area (Å²) in [5.74, 6) is -1.02. The molecule has 140 valence electrons. The summed E-state index contributed by atoms with van der Waals surface area (Å²) in [6, 6.07) is 9.24. The van der Waals surface area contributed by atoms with Gasteiger partial charge in [-0.15, -0.1) is 0 Å². The number of ketones is 1. The van der Waals surface area contributed by atoms with E-state index in [0.29, 0.717) is 28.0 Å².